The first-order chi connectivity index (χ1) is 28.1. The maximum Gasteiger partial charge on any atom is 0.407 e. The van der Waals surface area contributed by atoms with Crippen molar-refractivity contribution in [3.8, 4) is 11.8 Å². The van der Waals surface area contributed by atoms with Crippen LogP contribution in [0.1, 0.15) is 83.8 Å². The molecule has 2 fully saturated rings. The average Bonchev–Trinajstić information content (AvgIpc) is 4.06. The van der Waals surface area contributed by atoms with Gasteiger partial charge in [-0.15, -0.1) is 0 Å². The lowest BCUT2D eigenvalue weighted by Crippen LogP contribution is -2.43. The molecule has 14 heteroatoms. The Kier molecular flexibility index (Phi) is 10.3. The molecule has 294 valence electrons. The molecule has 4 aromatic carbocycles. The Hall–Kier alpha value is -7.14. The number of hydrogen-bond acceptors (Lipinski definition) is 6. The molecule has 4 N–H and O–H groups in total. The highest BCUT2D eigenvalue weighted by Crippen LogP contribution is 2.37. The number of rotatable bonds is 8. The van der Waals surface area contributed by atoms with Crippen molar-refractivity contribution in [1.82, 2.24) is 39.5 Å². The molecule has 6 aromatic rings. The topological polar surface area (TPSA) is 179 Å². The number of likely N-dealkylation sites (N-methyl/N-ethyl adjacent to an activating group) is 2. The van der Waals surface area contributed by atoms with Crippen LogP contribution in [0.4, 0.5) is 9.59 Å². The van der Waals surface area contributed by atoms with Crippen molar-refractivity contribution >= 4 is 46.1 Å². The number of benzene rings is 4. The minimum absolute atomic E-state index is 0.291. The first kappa shape index (κ1) is 37.8. The number of likely N-dealkylation sites (tertiary alicyclic amines) is 2. The smallest absolute Gasteiger partial charge is 0.407 e. The zero-order chi connectivity index (χ0) is 40.5. The summed E-state index contributed by atoms with van der Waals surface area (Å²) in [6.45, 7) is 0.984. The average molecular weight is 779 g/mol. The van der Waals surface area contributed by atoms with E-state index in [1.54, 1.807) is 58.3 Å². The monoisotopic (exact) mass is 778 g/mol. The standard InChI is InChI=1S/C44H42N8O6/c1-49(43(55)56)37(29-11-5-3-6-12-29)41(53)51-23-9-15-35(51)39-45-31-21-19-27(25-33(31)47-39)17-18-28-20-22-32-34(26-28)48-40(46-32)36-16-10-24-52(36)42(54)38(50(2)44(57)58)30-13-7-4-8-14-30/h3-8,11-14,19-22,25-26,35-38H,9-10,15-16,23-24H2,1-2H3,(H,45,47)(H,46,48)(H,55,56)(H,57,58)/t35-,36-,37+,38+/m0/s1. The molecular weight excluding hydrogens is 737 g/mol. The van der Waals surface area contributed by atoms with Gasteiger partial charge in [0.15, 0.2) is 0 Å². The molecule has 4 heterocycles. The molecule has 0 spiro atoms. The number of aromatic nitrogens is 4. The number of carboxylic acid groups (broad SMARTS) is 2. The zero-order valence-electron chi connectivity index (χ0n) is 32.0. The van der Waals surface area contributed by atoms with Crippen LogP contribution in [-0.4, -0.2) is 101 Å². The quantitative estimate of drug-likeness (QED) is 0.121. The van der Waals surface area contributed by atoms with Gasteiger partial charge in [0, 0.05) is 38.3 Å². The summed E-state index contributed by atoms with van der Waals surface area (Å²) in [6.07, 6.45) is 0.546. The van der Waals surface area contributed by atoms with E-state index >= 15 is 0 Å². The number of hydrogen-bond donors (Lipinski definition) is 4. The van der Waals surface area contributed by atoms with Crippen LogP contribution in [0.5, 0.6) is 0 Å². The summed E-state index contributed by atoms with van der Waals surface area (Å²) in [4.78, 5) is 74.1. The van der Waals surface area contributed by atoms with Gasteiger partial charge < -0.3 is 30.0 Å². The Labute approximate surface area is 334 Å². The van der Waals surface area contributed by atoms with Gasteiger partial charge in [-0.1, -0.05) is 72.5 Å². The molecule has 4 atom stereocenters. The molecule has 14 nitrogen and oxygen atoms in total. The molecule has 0 unspecified atom stereocenters. The fourth-order valence-electron chi connectivity index (χ4n) is 8.17. The number of nitrogens with one attached hydrogen (secondary N) is 2. The Morgan fingerprint density at radius 2 is 1.03 bits per heavy atom. The van der Waals surface area contributed by atoms with E-state index in [1.807, 2.05) is 48.5 Å². The predicted octanol–water partition coefficient (Wildman–Crippen LogP) is 6.87. The molecule has 58 heavy (non-hydrogen) atoms. The third-order valence-corrected chi connectivity index (χ3v) is 11.1. The Bertz CT molecular complexity index is 2400. The summed E-state index contributed by atoms with van der Waals surface area (Å²) >= 11 is 0. The van der Waals surface area contributed by atoms with Crippen LogP contribution in [0.3, 0.4) is 0 Å². The van der Waals surface area contributed by atoms with Gasteiger partial charge in [0.05, 0.1) is 34.2 Å². The van der Waals surface area contributed by atoms with Gasteiger partial charge in [0.25, 0.3) is 11.8 Å². The lowest BCUT2D eigenvalue weighted by Gasteiger charge is -2.32. The van der Waals surface area contributed by atoms with Crippen LogP contribution < -0.4 is 0 Å². The van der Waals surface area contributed by atoms with Crippen LogP contribution in [0.15, 0.2) is 97.1 Å². The molecule has 2 aliphatic rings. The number of H-pyrrole nitrogens is 2. The molecular formula is C44H42N8O6. The number of imidazole rings is 2. The van der Waals surface area contributed by atoms with E-state index in [4.69, 9.17) is 9.97 Å². The molecule has 0 bridgehead atoms. The number of aromatic amines is 2. The van der Waals surface area contributed by atoms with Gasteiger partial charge in [0.2, 0.25) is 0 Å². The molecule has 2 aliphatic heterocycles. The fraction of sp³-hybridized carbons (Fsp3) is 0.273. The Morgan fingerprint density at radius 1 is 0.638 bits per heavy atom. The van der Waals surface area contributed by atoms with Crippen molar-refractivity contribution in [2.45, 2.75) is 49.9 Å². The number of carbonyl (C=O) groups excluding carboxylic acids is 2. The largest absolute Gasteiger partial charge is 0.465 e. The van der Waals surface area contributed by atoms with E-state index in [0.29, 0.717) is 59.7 Å². The van der Waals surface area contributed by atoms with Crippen LogP contribution >= 0.6 is 0 Å². The third-order valence-electron chi connectivity index (χ3n) is 11.1. The van der Waals surface area contributed by atoms with E-state index in [1.165, 1.54) is 14.1 Å². The molecule has 2 saturated heterocycles. The second kappa shape index (κ2) is 15.8. The predicted molar refractivity (Wildman–Crippen MR) is 215 cm³/mol. The second-order valence-electron chi connectivity index (χ2n) is 14.8. The summed E-state index contributed by atoms with van der Waals surface area (Å²) in [6, 6.07) is 26.7. The number of fused-ring (bicyclic) bond motifs is 2. The van der Waals surface area contributed by atoms with E-state index in [9.17, 15) is 29.4 Å². The van der Waals surface area contributed by atoms with Gasteiger partial charge >= 0.3 is 12.2 Å². The summed E-state index contributed by atoms with van der Waals surface area (Å²) < 4.78 is 0. The molecule has 0 radical (unpaired) electrons. The Balaban J connectivity index is 0.999. The summed E-state index contributed by atoms with van der Waals surface area (Å²) in [5.41, 5.74) is 5.73. The lowest BCUT2D eigenvalue weighted by molar-refractivity contribution is -0.138. The van der Waals surface area contributed by atoms with Crippen molar-refractivity contribution in [3.63, 3.8) is 0 Å². The van der Waals surface area contributed by atoms with E-state index in [2.05, 4.69) is 21.8 Å². The normalized spacial score (nSPS) is 17.5. The number of carbonyl (C=O) groups is 4. The zero-order valence-corrected chi connectivity index (χ0v) is 32.0. The molecule has 0 saturated carbocycles. The van der Waals surface area contributed by atoms with Crippen molar-refractivity contribution in [3.05, 3.63) is 131 Å². The van der Waals surface area contributed by atoms with Gasteiger partial charge in [0.1, 0.15) is 23.7 Å². The van der Waals surface area contributed by atoms with Gasteiger partial charge in [-0.05, 0) is 73.2 Å². The third kappa shape index (κ3) is 7.30. The first-order valence-electron chi connectivity index (χ1n) is 19.2. The van der Waals surface area contributed by atoms with E-state index in [0.717, 1.165) is 44.8 Å². The number of nitrogens with zero attached hydrogens (tertiary/aromatic N) is 6. The minimum atomic E-state index is -1.19. The summed E-state index contributed by atoms with van der Waals surface area (Å²) in [5, 5.41) is 19.6. The molecule has 8 rings (SSSR count). The summed E-state index contributed by atoms with van der Waals surface area (Å²) in [7, 11) is 2.83. The van der Waals surface area contributed by atoms with Crippen LogP contribution in [0.2, 0.25) is 0 Å². The molecule has 0 aliphatic carbocycles. The van der Waals surface area contributed by atoms with Crippen molar-refractivity contribution in [1.29, 1.82) is 0 Å². The molecule has 4 amide bonds. The highest BCUT2D eigenvalue weighted by atomic mass is 16.4. The fourth-order valence-corrected chi connectivity index (χ4v) is 8.17. The van der Waals surface area contributed by atoms with Crippen molar-refractivity contribution in [2.75, 3.05) is 27.2 Å². The minimum Gasteiger partial charge on any atom is -0.465 e. The highest BCUT2D eigenvalue weighted by molar-refractivity contribution is 5.88. The first-order valence-corrected chi connectivity index (χ1v) is 19.2. The Morgan fingerprint density at radius 3 is 1.41 bits per heavy atom. The lowest BCUT2D eigenvalue weighted by atomic mass is 10.0. The second-order valence-corrected chi connectivity index (χ2v) is 14.8. The van der Waals surface area contributed by atoms with Crippen LogP contribution in [-0.2, 0) is 9.59 Å². The van der Waals surface area contributed by atoms with Gasteiger partial charge in [-0.25, -0.2) is 19.6 Å². The van der Waals surface area contributed by atoms with Crippen LogP contribution in [0, 0.1) is 11.8 Å². The maximum atomic E-state index is 14.0. The maximum absolute atomic E-state index is 14.0. The van der Waals surface area contributed by atoms with Gasteiger partial charge in [-0.3, -0.25) is 19.4 Å². The van der Waals surface area contributed by atoms with E-state index < -0.39 is 24.3 Å². The van der Waals surface area contributed by atoms with Crippen molar-refractivity contribution in [2.24, 2.45) is 0 Å². The highest BCUT2D eigenvalue weighted by Gasteiger charge is 2.40. The SMILES string of the molecule is CN(C(=O)O)[C@@H](C(=O)N1CCC[C@H]1c1nc2cc(C#Cc3ccc4[nH]c([C@@H]5CCCN5C(=O)[C@@H](c5ccccc5)N(C)C(=O)O)nc4c3)ccc2[nH]1)c1ccccc1. The van der Waals surface area contributed by atoms with Crippen LogP contribution in [0.25, 0.3) is 22.1 Å². The summed E-state index contributed by atoms with van der Waals surface area (Å²) in [5.74, 6) is 7.18. The number of amides is 4. The molecule has 2 aromatic heterocycles. The van der Waals surface area contributed by atoms with Crippen molar-refractivity contribution < 1.29 is 29.4 Å². The van der Waals surface area contributed by atoms with Gasteiger partial charge in [-0.2, -0.15) is 0 Å². The van der Waals surface area contributed by atoms with E-state index in [-0.39, 0.29) is 23.9 Å².